The molecule has 1 spiro atoms. The number of anilines is 1. The summed E-state index contributed by atoms with van der Waals surface area (Å²) in [5.41, 5.74) is 21.7. The molecule has 17 rings (SSSR count). The molecule has 0 bridgehead atoms. The molecular weight excluding hydrogens is 1810 g/mol. The number of hydrogen-bond donors (Lipinski definition) is 10. The molecule has 6 aliphatic heterocycles. The predicted octanol–water partition coefficient (Wildman–Crippen LogP) is 19.4. The van der Waals surface area contributed by atoms with Gasteiger partial charge in [-0.2, -0.15) is 0 Å². The number of aryl methyl sites for hydroxylation is 4. The summed E-state index contributed by atoms with van der Waals surface area (Å²) in [6.45, 7) is 21.5. The fraction of sp³-hybridized carbons (Fsp3) is 0.381. The second kappa shape index (κ2) is 49.6. The van der Waals surface area contributed by atoms with Crippen molar-refractivity contribution in [1.29, 1.82) is 0 Å². The van der Waals surface area contributed by atoms with Gasteiger partial charge in [0, 0.05) is 145 Å². The van der Waals surface area contributed by atoms with Crippen LogP contribution in [0.1, 0.15) is 264 Å². The molecule has 0 radical (unpaired) electrons. The summed E-state index contributed by atoms with van der Waals surface area (Å²) in [5, 5.41) is 81.3. The number of benzene rings is 10. The van der Waals surface area contributed by atoms with Crippen molar-refractivity contribution in [2.75, 3.05) is 77.4 Å². The normalized spacial score (nSPS) is 16.5. The molecule has 23 nitrogen and oxygen atoms in total. The number of ether oxygens (including phenoxy) is 1. The van der Waals surface area contributed by atoms with Crippen molar-refractivity contribution in [3.8, 4) is 28.7 Å². The van der Waals surface area contributed by atoms with Crippen LogP contribution in [0.25, 0.3) is 18.2 Å². The molecule has 7 aliphatic rings. The number of aromatic hydroxyl groups is 4. The second-order valence-corrected chi connectivity index (χ2v) is 39.3. The first-order chi connectivity index (χ1) is 68.3. The standard InChI is InChI=1S/C26H30N2O4.C25H31NO3.2C23H27NO3.C21H23ClN2O3/c1-2-18-6-3-7-20(16-18)19-10-14-28(15-11-19)25(31)21-8-4-9-22(17-21)27-24(30)23(29)26(32)12-5-13-26;1-4-18-6-5-7-21(16-18)20-12-14-26(15-13-20)24(28)11-9-19-8-10-22(23(27)17-19)25(2,3)29;1-2-17-5-3-7-20(15-17)18-11-13-24(14-12-18)23(27)10-9-19-6-4-8-22(26)21(19)16-25;1-2-17-4-3-5-20(14-17)19-10-12-24(13-11-19)23(27)9-7-18-6-8-21(16-25)22(26)15-18;1-13-17(22)9-15(10-18(13)25)20(26)24-6-4-21(5-7-24)12-27-19-3-2-14(11-23)8-16(19)21/h3-4,6-9,16-17,19,32H,2,5,10-15H2,1H3,(H,27,30);5-11,16-17,20,27,29H,4,12-15H2,1-3H3;3-10,15,18,25-26H,2,11-14,16H2,1H3;3-9,14-15,19,25-26H,2,10-13,16H2,1H3;2-3,8-10,25H,4-7,11-12,23H2,1H3/b;11-9+;10-9+;9-7+;. The molecule has 1 aliphatic carbocycles. The number of phenolic OH excluding ortho intramolecular Hbond substituents is 2. The van der Waals surface area contributed by atoms with Gasteiger partial charge in [0.25, 0.3) is 23.5 Å². The highest BCUT2D eigenvalue weighted by Gasteiger charge is 2.46. The number of nitrogens with two attached hydrogens (primary N) is 1. The van der Waals surface area contributed by atoms with E-state index in [4.69, 9.17) is 27.2 Å². The van der Waals surface area contributed by atoms with E-state index in [1.807, 2.05) is 36.6 Å². The molecule has 6 amide bonds. The van der Waals surface area contributed by atoms with E-state index in [0.717, 1.165) is 158 Å². The summed E-state index contributed by atoms with van der Waals surface area (Å²) in [6.07, 6.45) is 24.7. The number of carbonyl (C=O) groups is 7. The zero-order valence-electron chi connectivity index (χ0n) is 82.9. The van der Waals surface area contributed by atoms with Gasteiger partial charge in [-0.25, -0.2) is 0 Å². The number of piperidine rings is 5. The number of ketones is 1. The molecule has 1 saturated carbocycles. The first kappa shape index (κ1) is 106. The van der Waals surface area contributed by atoms with Crippen LogP contribution in [0.15, 0.2) is 224 Å². The SMILES string of the molecule is CCc1cccc(C2CCN(C(=O)/C=C/c3ccc(C(C)(C)O)c(O)c3)CC2)c1.CCc1cccc(C2CCN(C(=O)/C=C/c3ccc(CO)c(O)c3)CC2)c1.CCc1cccc(C2CCN(C(=O)/C=C/c3cccc(O)c3CO)CC2)c1.CCc1cccc(C2CCN(C(=O)c3cccc(NC(=O)C(=O)C4(O)CCC4)c3)CC2)c1.Cc1c(O)cc(C(=O)N2CCC3(CC2)COc2ccc(CN)cc23)cc1Cl. The van der Waals surface area contributed by atoms with Gasteiger partial charge in [0.15, 0.2) is 0 Å². The molecule has 5 saturated heterocycles. The number of fused-ring (bicyclic) bond motifs is 2. The number of rotatable bonds is 23. The van der Waals surface area contributed by atoms with Crippen LogP contribution < -0.4 is 15.8 Å². The lowest BCUT2D eigenvalue weighted by Gasteiger charge is -2.38. The van der Waals surface area contributed by atoms with Crippen LogP contribution in [0.5, 0.6) is 28.7 Å². The van der Waals surface area contributed by atoms with Crippen LogP contribution in [0.2, 0.25) is 5.02 Å². The molecule has 6 heterocycles. The number of halogens is 1. The molecule has 10 aromatic carbocycles. The van der Waals surface area contributed by atoms with E-state index in [2.05, 4.69) is 136 Å². The average Bonchev–Trinajstić information content (AvgIpc) is 1.60. The molecule has 748 valence electrons. The monoisotopic (exact) mass is 1940 g/mol. The van der Waals surface area contributed by atoms with Gasteiger partial charge < -0.3 is 81.1 Å². The van der Waals surface area contributed by atoms with E-state index in [1.165, 1.54) is 68.3 Å². The number of hydrogen-bond acceptors (Lipinski definition) is 17. The lowest BCUT2D eigenvalue weighted by atomic mass is 9.74. The Kier molecular flexibility index (Phi) is 37.1. The van der Waals surface area contributed by atoms with E-state index < -0.39 is 22.9 Å². The van der Waals surface area contributed by atoms with E-state index >= 15 is 0 Å². The number of amides is 6. The maximum absolute atomic E-state index is 13.0. The molecule has 0 unspecified atom stereocenters. The Morgan fingerprint density at radius 3 is 1.33 bits per heavy atom. The van der Waals surface area contributed by atoms with Gasteiger partial charge in [0.05, 0.1) is 25.4 Å². The van der Waals surface area contributed by atoms with Crippen molar-refractivity contribution in [3.63, 3.8) is 0 Å². The van der Waals surface area contributed by atoms with Crippen molar-refractivity contribution in [3.05, 3.63) is 335 Å². The van der Waals surface area contributed by atoms with Crippen LogP contribution in [-0.4, -0.2) is 184 Å². The maximum atomic E-state index is 13.0. The first-order valence-electron chi connectivity index (χ1n) is 50.2. The number of carbonyl (C=O) groups excluding carboxylic acids is 7. The molecule has 0 aromatic heterocycles. The highest BCUT2D eigenvalue weighted by molar-refractivity contribution is 6.43. The Hall–Kier alpha value is -13.0. The number of aliphatic hydroxyl groups excluding tert-OH is 2. The Balaban J connectivity index is 0.000000149. The quantitative estimate of drug-likeness (QED) is 0.0210. The topological polar surface area (TPSA) is 345 Å². The minimum absolute atomic E-state index is 0.00137. The van der Waals surface area contributed by atoms with Gasteiger partial charge in [-0.05, 0) is 293 Å². The molecular formula is C118H138ClN7O16. The van der Waals surface area contributed by atoms with Crippen LogP contribution in [-0.2, 0) is 80.4 Å². The lowest BCUT2D eigenvalue weighted by Crippen LogP contribution is -2.50. The number of aliphatic hydroxyl groups is 4. The van der Waals surface area contributed by atoms with Crippen molar-refractivity contribution in [1.82, 2.24) is 24.5 Å². The van der Waals surface area contributed by atoms with Crippen molar-refractivity contribution in [2.45, 2.75) is 218 Å². The number of likely N-dealkylation sites (tertiary alicyclic amines) is 5. The summed E-state index contributed by atoms with van der Waals surface area (Å²) in [5.74, 6) is 1.25. The summed E-state index contributed by atoms with van der Waals surface area (Å²) >= 11 is 6.13. The summed E-state index contributed by atoms with van der Waals surface area (Å²) in [4.78, 5) is 97.2. The summed E-state index contributed by atoms with van der Waals surface area (Å²) in [6, 6.07) is 66.1. The molecule has 24 heteroatoms. The van der Waals surface area contributed by atoms with E-state index in [9.17, 15) is 69.3 Å². The third-order valence-electron chi connectivity index (χ3n) is 29.2. The number of Topliss-reactive ketones (excluding diaryl/α,β-unsaturated/α-hetero) is 1. The predicted molar refractivity (Wildman–Crippen MR) is 559 cm³/mol. The largest absolute Gasteiger partial charge is 0.508 e. The number of phenols is 4. The molecule has 6 fully saturated rings. The Labute approximate surface area is 840 Å². The highest BCUT2D eigenvalue weighted by atomic mass is 35.5. The Morgan fingerprint density at radius 1 is 0.458 bits per heavy atom. The van der Waals surface area contributed by atoms with Gasteiger partial charge in [-0.1, -0.05) is 191 Å². The van der Waals surface area contributed by atoms with Gasteiger partial charge in [-0.15, -0.1) is 0 Å². The number of nitrogens with one attached hydrogen (secondary N) is 1. The second-order valence-electron chi connectivity index (χ2n) is 38.9. The van der Waals surface area contributed by atoms with E-state index in [0.29, 0.717) is 125 Å². The van der Waals surface area contributed by atoms with Crippen LogP contribution in [0.4, 0.5) is 5.69 Å². The van der Waals surface area contributed by atoms with Crippen LogP contribution in [0, 0.1) is 6.92 Å². The zero-order valence-corrected chi connectivity index (χ0v) is 83.6. The summed E-state index contributed by atoms with van der Waals surface area (Å²) < 4.78 is 5.92. The third-order valence-corrected chi connectivity index (χ3v) is 29.6. The molecule has 0 atom stereocenters. The molecule has 11 N–H and O–H groups in total. The lowest BCUT2D eigenvalue weighted by molar-refractivity contribution is -0.153. The smallest absolute Gasteiger partial charge is 0.294 e. The van der Waals surface area contributed by atoms with E-state index in [-0.39, 0.29) is 71.2 Å². The maximum Gasteiger partial charge on any atom is 0.294 e. The van der Waals surface area contributed by atoms with Crippen molar-refractivity contribution >= 4 is 76.7 Å². The van der Waals surface area contributed by atoms with Gasteiger partial charge in [0.1, 0.15) is 34.3 Å². The first-order valence-corrected chi connectivity index (χ1v) is 50.6. The number of nitrogens with zero attached hydrogens (tertiary/aromatic N) is 5. The third kappa shape index (κ3) is 27.5. The highest BCUT2D eigenvalue weighted by Crippen LogP contribution is 2.47. The minimum Gasteiger partial charge on any atom is -0.508 e. The van der Waals surface area contributed by atoms with Gasteiger partial charge >= 0.3 is 0 Å². The Morgan fingerprint density at radius 2 is 0.901 bits per heavy atom. The van der Waals surface area contributed by atoms with E-state index in [1.54, 1.807) is 130 Å². The van der Waals surface area contributed by atoms with Crippen molar-refractivity contribution in [2.24, 2.45) is 5.73 Å². The van der Waals surface area contributed by atoms with Crippen LogP contribution in [0.3, 0.4) is 0 Å². The fourth-order valence-corrected chi connectivity index (χ4v) is 20.0. The average molecular weight is 1950 g/mol. The van der Waals surface area contributed by atoms with Crippen LogP contribution >= 0.6 is 11.6 Å². The fourth-order valence-electron chi connectivity index (χ4n) is 19.8. The van der Waals surface area contributed by atoms with Crippen molar-refractivity contribution < 1.29 is 79.2 Å². The van der Waals surface area contributed by atoms with Gasteiger partial charge in [0.2, 0.25) is 17.7 Å². The Bertz CT molecular complexity index is 6150. The zero-order chi connectivity index (χ0) is 101. The molecule has 142 heavy (non-hydrogen) atoms. The summed E-state index contributed by atoms with van der Waals surface area (Å²) in [7, 11) is 0. The van der Waals surface area contributed by atoms with Gasteiger partial charge in [-0.3, -0.25) is 33.6 Å². The minimum atomic E-state index is -1.53. The molecule has 10 aromatic rings.